The average molecular weight is 504 g/mol. The van der Waals surface area contributed by atoms with Crippen LogP contribution in [0, 0.1) is 0 Å². The van der Waals surface area contributed by atoms with Crippen molar-refractivity contribution in [2.45, 2.75) is 38.6 Å². The quantitative estimate of drug-likeness (QED) is 0.259. The molecule has 1 heterocycles. The van der Waals surface area contributed by atoms with Crippen LogP contribution in [0.3, 0.4) is 0 Å². The number of aryl methyl sites for hydroxylation is 1. The Bertz CT molecular complexity index is 602. The summed E-state index contributed by atoms with van der Waals surface area (Å²) < 4.78 is 10.2. The molecule has 0 unspecified atom stereocenters. The van der Waals surface area contributed by atoms with Gasteiger partial charge in [-0.2, -0.15) is 0 Å². The molecule has 1 aromatic carbocycles. The predicted octanol–water partition coefficient (Wildman–Crippen LogP) is 3.03. The van der Waals surface area contributed by atoms with Crippen LogP contribution in [0.25, 0.3) is 0 Å². The van der Waals surface area contributed by atoms with E-state index >= 15 is 0 Å². The number of amides is 1. The van der Waals surface area contributed by atoms with Crippen molar-refractivity contribution in [1.82, 2.24) is 15.5 Å². The molecular weight excluding hydrogens is 471 g/mol. The van der Waals surface area contributed by atoms with E-state index in [1.807, 2.05) is 19.1 Å². The molecule has 8 heteroatoms. The molecule has 0 bridgehead atoms. The summed E-state index contributed by atoms with van der Waals surface area (Å²) in [5, 5.41) is 6.83. The van der Waals surface area contributed by atoms with E-state index in [0.29, 0.717) is 25.7 Å². The number of hydrogen-bond acceptors (Lipinski definition) is 4. The molecule has 0 aliphatic carbocycles. The third-order valence-electron chi connectivity index (χ3n) is 4.68. The highest BCUT2D eigenvalue weighted by atomic mass is 127. The van der Waals surface area contributed by atoms with Crippen molar-refractivity contribution in [3.05, 3.63) is 29.8 Å². The molecule has 2 N–H and O–H groups in total. The summed E-state index contributed by atoms with van der Waals surface area (Å²) in [6.07, 6.45) is 3.61. The van der Waals surface area contributed by atoms with Crippen LogP contribution in [0.15, 0.2) is 29.3 Å². The summed E-state index contributed by atoms with van der Waals surface area (Å²) in [5.41, 5.74) is 1.30. The summed E-state index contributed by atoms with van der Waals surface area (Å²) in [7, 11) is 3.46. The van der Waals surface area contributed by atoms with Gasteiger partial charge in [-0.3, -0.25) is 4.99 Å². The van der Waals surface area contributed by atoms with Crippen molar-refractivity contribution < 1.29 is 14.3 Å². The highest BCUT2D eigenvalue weighted by Gasteiger charge is 2.23. The Hall–Kier alpha value is -1.71. The molecule has 0 spiro atoms. The first-order valence-electron chi connectivity index (χ1n) is 9.68. The first kappa shape index (κ1) is 24.3. The molecule has 1 amide bonds. The van der Waals surface area contributed by atoms with E-state index in [4.69, 9.17) is 9.47 Å². The lowest BCUT2D eigenvalue weighted by atomic mass is 10.1. The van der Waals surface area contributed by atoms with Crippen LogP contribution < -0.4 is 15.4 Å². The van der Waals surface area contributed by atoms with Gasteiger partial charge in [-0.15, -0.1) is 24.0 Å². The van der Waals surface area contributed by atoms with Crippen LogP contribution in [-0.4, -0.2) is 63.4 Å². The highest BCUT2D eigenvalue weighted by Crippen LogP contribution is 2.13. The van der Waals surface area contributed by atoms with E-state index in [9.17, 15) is 4.79 Å². The van der Waals surface area contributed by atoms with Crippen LogP contribution in [0.4, 0.5) is 4.79 Å². The Balaban J connectivity index is 0.00000392. The van der Waals surface area contributed by atoms with Gasteiger partial charge in [0.15, 0.2) is 5.96 Å². The lowest BCUT2D eigenvalue weighted by Crippen LogP contribution is -2.50. The number of likely N-dealkylation sites (tertiary alicyclic amines) is 1. The second-order valence-electron chi connectivity index (χ2n) is 6.56. The van der Waals surface area contributed by atoms with E-state index < -0.39 is 0 Å². The number of nitrogens with zero attached hydrogens (tertiary/aromatic N) is 2. The first-order valence-corrected chi connectivity index (χ1v) is 9.68. The number of carbonyl (C=O) groups excluding carboxylic acids is 1. The summed E-state index contributed by atoms with van der Waals surface area (Å²) in [6.45, 7) is 4.53. The first-order chi connectivity index (χ1) is 13.2. The minimum atomic E-state index is -0.211. The Kier molecular flexibility index (Phi) is 11.7. The molecule has 1 fully saturated rings. The Morgan fingerprint density at radius 1 is 1.25 bits per heavy atom. The number of guanidine groups is 1. The molecule has 0 radical (unpaired) electrons. The molecule has 28 heavy (non-hydrogen) atoms. The lowest BCUT2D eigenvalue weighted by molar-refractivity contribution is 0.0963. The van der Waals surface area contributed by atoms with E-state index in [1.54, 1.807) is 19.1 Å². The Morgan fingerprint density at radius 2 is 1.93 bits per heavy atom. The van der Waals surface area contributed by atoms with Gasteiger partial charge in [-0.25, -0.2) is 4.79 Å². The van der Waals surface area contributed by atoms with Crippen LogP contribution in [0.2, 0.25) is 0 Å². The van der Waals surface area contributed by atoms with E-state index in [1.165, 1.54) is 5.56 Å². The smallest absolute Gasteiger partial charge is 0.409 e. The number of ether oxygens (including phenoxy) is 2. The van der Waals surface area contributed by atoms with Crippen molar-refractivity contribution in [1.29, 1.82) is 0 Å². The normalized spacial score (nSPS) is 14.8. The van der Waals surface area contributed by atoms with Gasteiger partial charge in [0.1, 0.15) is 5.75 Å². The van der Waals surface area contributed by atoms with Gasteiger partial charge in [0.25, 0.3) is 0 Å². The number of rotatable bonds is 7. The molecule has 1 aromatic rings. The Morgan fingerprint density at radius 3 is 2.50 bits per heavy atom. The van der Waals surface area contributed by atoms with Crippen LogP contribution >= 0.6 is 24.0 Å². The fraction of sp³-hybridized carbons (Fsp3) is 0.600. The summed E-state index contributed by atoms with van der Waals surface area (Å²) in [5.74, 6) is 1.70. The zero-order chi connectivity index (χ0) is 19.5. The number of nitrogens with one attached hydrogen (secondary N) is 2. The largest absolute Gasteiger partial charge is 0.497 e. The number of halogens is 1. The third kappa shape index (κ3) is 8.12. The van der Waals surface area contributed by atoms with Crippen LogP contribution in [0.1, 0.15) is 31.7 Å². The Labute approximate surface area is 185 Å². The third-order valence-corrected chi connectivity index (χ3v) is 4.68. The topological polar surface area (TPSA) is 75.2 Å². The second kappa shape index (κ2) is 13.5. The summed E-state index contributed by atoms with van der Waals surface area (Å²) >= 11 is 0. The summed E-state index contributed by atoms with van der Waals surface area (Å²) in [6, 6.07) is 8.51. The van der Waals surface area contributed by atoms with Crippen molar-refractivity contribution in [2.24, 2.45) is 4.99 Å². The van der Waals surface area contributed by atoms with Gasteiger partial charge >= 0.3 is 6.09 Å². The maximum absolute atomic E-state index is 11.8. The number of methoxy groups -OCH3 is 1. The van der Waals surface area contributed by atoms with E-state index in [0.717, 1.165) is 43.9 Å². The van der Waals surface area contributed by atoms with Crippen molar-refractivity contribution in [3.8, 4) is 5.75 Å². The monoisotopic (exact) mass is 504 g/mol. The molecular formula is C20H33IN4O3. The molecule has 1 aliphatic heterocycles. The molecule has 2 rings (SSSR count). The van der Waals surface area contributed by atoms with Gasteiger partial charge in [0.05, 0.1) is 13.7 Å². The van der Waals surface area contributed by atoms with Gasteiger partial charge in [0, 0.05) is 32.7 Å². The van der Waals surface area contributed by atoms with E-state index in [-0.39, 0.29) is 30.1 Å². The van der Waals surface area contributed by atoms with Crippen molar-refractivity contribution in [2.75, 3.05) is 40.4 Å². The molecule has 0 atom stereocenters. The maximum atomic E-state index is 11.8. The second-order valence-corrected chi connectivity index (χ2v) is 6.56. The molecule has 0 saturated carbocycles. The number of hydrogen-bond donors (Lipinski definition) is 2. The molecule has 1 saturated heterocycles. The minimum Gasteiger partial charge on any atom is -0.497 e. The molecule has 1 aliphatic rings. The van der Waals surface area contributed by atoms with Crippen LogP contribution in [-0.2, 0) is 11.2 Å². The number of piperidine rings is 1. The average Bonchev–Trinajstić information content (AvgIpc) is 2.71. The maximum Gasteiger partial charge on any atom is 0.409 e. The SMILES string of the molecule is CCOC(=O)N1CCC(NC(=NC)NCCCc2ccc(OC)cc2)CC1.I. The number of aliphatic imine (C=N–C) groups is 1. The van der Waals surface area contributed by atoms with Gasteiger partial charge in [-0.05, 0) is 50.3 Å². The molecule has 0 aromatic heterocycles. The van der Waals surface area contributed by atoms with Gasteiger partial charge in [0.2, 0.25) is 0 Å². The minimum absolute atomic E-state index is 0. The predicted molar refractivity (Wildman–Crippen MR) is 123 cm³/mol. The zero-order valence-electron chi connectivity index (χ0n) is 17.1. The number of carbonyl (C=O) groups is 1. The lowest BCUT2D eigenvalue weighted by Gasteiger charge is -2.32. The van der Waals surface area contributed by atoms with Gasteiger partial charge in [-0.1, -0.05) is 12.1 Å². The molecule has 158 valence electrons. The standard InChI is InChI=1S/C20H32N4O3.HI/c1-4-27-20(25)24-14-11-17(12-15-24)23-19(21-2)22-13-5-6-16-7-9-18(26-3)10-8-16;/h7-10,17H,4-6,11-15H2,1-3H3,(H2,21,22,23);1H. The van der Waals surface area contributed by atoms with E-state index in [2.05, 4.69) is 27.8 Å². The highest BCUT2D eigenvalue weighted by molar-refractivity contribution is 14.0. The van der Waals surface area contributed by atoms with Gasteiger partial charge < -0.3 is 25.0 Å². The van der Waals surface area contributed by atoms with Crippen molar-refractivity contribution in [3.63, 3.8) is 0 Å². The number of benzene rings is 1. The van der Waals surface area contributed by atoms with Crippen molar-refractivity contribution >= 4 is 36.0 Å². The fourth-order valence-electron chi connectivity index (χ4n) is 3.10. The zero-order valence-corrected chi connectivity index (χ0v) is 19.4. The fourth-order valence-corrected chi connectivity index (χ4v) is 3.10. The molecule has 7 nitrogen and oxygen atoms in total. The van der Waals surface area contributed by atoms with Crippen LogP contribution in [0.5, 0.6) is 5.75 Å². The summed E-state index contributed by atoms with van der Waals surface area (Å²) in [4.78, 5) is 17.8.